The highest BCUT2D eigenvalue weighted by Crippen LogP contribution is 2.50. The van der Waals surface area contributed by atoms with Gasteiger partial charge in [0.2, 0.25) is 5.91 Å². The molecule has 1 saturated carbocycles. The second-order valence-corrected chi connectivity index (χ2v) is 10.3. The summed E-state index contributed by atoms with van der Waals surface area (Å²) in [7, 11) is 3.55. The fourth-order valence-corrected chi connectivity index (χ4v) is 6.11. The third-order valence-corrected chi connectivity index (χ3v) is 8.05. The van der Waals surface area contributed by atoms with E-state index >= 15 is 0 Å². The summed E-state index contributed by atoms with van der Waals surface area (Å²) < 4.78 is 10.7. The second-order valence-electron chi connectivity index (χ2n) is 10.3. The van der Waals surface area contributed by atoms with Gasteiger partial charge < -0.3 is 14.4 Å². The molecule has 196 valence electrons. The molecule has 37 heavy (non-hydrogen) atoms. The Bertz CT molecular complexity index is 1160. The van der Waals surface area contributed by atoms with Crippen molar-refractivity contribution in [2.45, 2.75) is 44.1 Å². The molecular formula is C31H38N2O4. The largest absolute Gasteiger partial charge is 0.497 e. The number of amides is 1. The highest BCUT2D eigenvalue weighted by molar-refractivity contribution is 5.91. The molecule has 1 saturated heterocycles. The van der Waals surface area contributed by atoms with Crippen LogP contribution in [0.5, 0.6) is 11.5 Å². The zero-order valence-electron chi connectivity index (χ0n) is 22.2. The Kier molecular flexibility index (Phi) is 8.49. The molecule has 1 amide bonds. The van der Waals surface area contributed by atoms with Gasteiger partial charge >= 0.3 is 5.97 Å². The van der Waals surface area contributed by atoms with Crippen LogP contribution in [0.3, 0.4) is 0 Å². The fraction of sp³-hybridized carbons (Fsp3) is 0.419. The molecule has 0 spiro atoms. The van der Waals surface area contributed by atoms with Crippen LogP contribution in [0.15, 0.2) is 67.3 Å². The first-order valence-corrected chi connectivity index (χ1v) is 13.1. The lowest BCUT2D eigenvalue weighted by atomic mass is 9.57. The first-order valence-electron chi connectivity index (χ1n) is 13.1. The van der Waals surface area contributed by atoms with Crippen LogP contribution in [0.2, 0.25) is 0 Å². The molecule has 0 bridgehead atoms. The Labute approximate surface area is 220 Å². The van der Waals surface area contributed by atoms with Crippen LogP contribution in [-0.2, 0) is 15.0 Å². The van der Waals surface area contributed by atoms with E-state index in [1.165, 1.54) is 12.5 Å². The Morgan fingerprint density at radius 1 is 1.16 bits per heavy atom. The van der Waals surface area contributed by atoms with E-state index in [1.54, 1.807) is 13.2 Å². The number of carbonyl (C=O) groups is 2. The molecule has 2 fully saturated rings. The molecular weight excluding hydrogens is 464 g/mol. The first kappa shape index (κ1) is 26.7. The lowest BCUT2D eigenvalue weighted by Crippen LogP contribution is -2.56. The van der Waals surface area contributed by atoms with Gasteiger partial charge in [0, 0.05) is 44.6 Å². The number of nitrogens with zero attached hydrogens (tertiary/aromatic N) is 2. The van der Waals surface area contributed by atoms with E-state index in [2.05, 4.69) is 17.5 Å². The summed E-state index contributed by atoms with van der Waals surface area (Å²) >= 11 is 0. The average molecular weight is 503 g/mol. The van der Waals surface area contributed by atoms with Crippen LogP contribution in [0, 0.1) is 5.92 Å². The number of piperidine rings is 1. The minimum atomic E-state index is -0.318. The SMILES string of the molecule is C=CCN1CCC2(c3cccc(OC(C)=O)c3)CC(N(C)C(=O)/C=C/c3cccc(OC)c3)CCC2C1. The molecule has 0 aromatic heterocycles. The van der Waals surface area contributed by atoms with E-state index in [0.29, 0.717) is 11.7 Å². The molecule has 1 heterocycles. The zero-order valence-corrected chi connectivity index (χ0v) is 22.2. The Balaban J connectivity index is 1.57. The van der Waals surface area contributed by atoms with Gasteiger partial charge in [0.05, 0.1) is 7.11 Å². The Morgan fingerprint density at radius 3 is 2.70 bits per heavy atom. The monoisotopic (exact) mass is 502 g/mol. The van der Waals surface area contributed by atoms with Crippen LogP contribution in [0.4, 0.5) is 0 Å². The number of esters is 1. The van der Waals surface area contributed by atoms with Gasteiger partial charge in [-0.2, -0.15) is 0 Å². The third-order valence-electron chi connectivity index (χ3n) is 8.05. The fourth-order valence-electron chi connectivity index (χ4n) is 6.11. The van der Waals surface area contributed by atoms with Crippen molar-refractivity contribution in [1.29, 1.82) is 0 Å². The van der Waals surface area contributed by atoms with Gasteiger partial charge in [0.1, 0.15) is 11.5 Å². The standard InChI is InChI=1S/C31H38N2O4/c1-5-17-33-18-16-31(25-9-7-11-29(20-25)37-23(2)34)21-27(14-13-26(31)22-33)32(3)30(35)15-12-24-8-6-10-28(19-24)36-4/h5-12,15,19-20,26-27H,1,13-14,16-18,21-22H2,2-4H3/b15-12+. The van der Waals surface area contributed by atoms with Crippen molar-refractivity contribution in [2.75, 3.05) is 33.8 Å². The summed E-state index contributed by atoms with van der Waals surface area (Å²) in [6.07, 6.45) is 9.35. The summed E-state index contributed by atoms with van der Waals surface area (Å²) in [5, 5.41) is 0. The van der Waals surface area contributed by atoms with Crippen molar-refractivity contribution in [3.63, 3.8) is 0 Å². The second kappa shape index (κ2) is 11.8. The van der Waals surface area contributed by atoms with Gasteiger partial charge in [-0.15, -0.1) is 6.58 Å². The van der Waals surface area contributed by atoms with E-state index in [1.807, 2.05) is 66.6 Å². The van der Waals surface area contributed by atoms with Crippen LogP contribution in [0.25, 0.3) is 6.08 Å². The summed E-state index contributed by atoms with van der Waals surface area (Å²) in [6, 6.07) is 15.8. The predicted octanol–water partition coefficient (Wildman–Crippen LogP) is 5.09. The van der Waals surface area contributed by atoms with E-state index < -0.39 is 0 Å². The molecule has 6 heteroatoms. The van der Waals surface area contributed by atoms with Gasteiger partial charge in [-0.1, -0.05) is 30.3 Å². The van der Waals surface area contributed by atoms with E-state index in [9.17, 15) is 9.59 Å². The Hall–Kier alpha value is -3.38. The predicted molar refractivity (Wildman–Crippen MR) is 147 cm³/mol. The molecule has 3 atom stereocenters. The smallest absolute Gasteiger partial charge is 0.308 e. The topological polar surface area (TPSA) is 59.1 Å². The number of fused-ring (bicyclic) bond motifs is 1. The van der Waals surface area contributed by atoms with Gasteiger partial charge in [-0.3, -0.25) is 14.5 Å². The summed E-state index contributed by atoms with van der Waals surface area (Å²) in [5.74, 6) is 1.49. The average Bonchev–Trinajstić information content (AvgIpc) is 2.91. The number of methoxy groups -OCH3 is 1. The maximum Gasteiger partial charge on any atom is 0.308 e. The van der Waals surface area contributed by atoms with Crippen molar-refractivity contribution in [3.05, 3.63) is 78.4 Å². The van der Waals surface area contributed by atoms with Crippen LogP contribution in [0.1, 0.15) is 43.7 Å². The molecule has 4 rings (SSSR count). The summed E-state index contributed by atoms with van der Waals surface area (Å²) in [4.78, 5) is 29.2. The zero-order chi connectivity index (χ0) is 26.4. The quantitative estimate of drug-likeness (QED) is 0.218. The minimum Gasteiger partial charge on any atom is -0.497 e. The molecule has 1 aliphatic heterocycles. The number of rotatable bonds is 8. The van der Waals surface area contributed by atoms with Crippen LogP contribution in [-0.4, -0.2) is 61.5 Å². The molecule has 0 radical (unpaired) electrons. The lowest BCUT2D eigenvalue weighted by Gasteiger charge is -2.54. The van der Waals surface area contributed by atoms with Crippen molar-refractivity contribution < 1.29 is 19.1 Å². The molecule has 2 aromatic carbocycles. The molecule has 0 N–H and O–H groups in total. The summed E-state index contributed by atoms with van der Waals surface area (Å²) in [5.41, 5.74) is 2.05. The number of likely N-dealkylation sites (N-methyl/N-ethyl adjacent to an activating group) is 1. The molecule has 6 nitrogen and oxygen atoms in total. The molecule has 2 aromatic rings. The number of hydrogen-bond acceptors (Lipinski definition) is 5. The number of benzene rings is 2. The van der Waals surface area contributed by atoms with Crippen LogP contribution >= 0.6 is 0 Å². The summed E-state index contributed by atoms with van der Waals surface area (Å²) in [6.45, 7) is 8.22. The molecule has 1 aliphatic carbocycles. The number of ether oxygens (including phenoxy) is 2. The van der Waals surface area contributed by atoms with Gasteiger partial charge in [0.25, 0.3) is 0 Å². The molecule has 3 unspecified atom stereocenters. The van der Waals surface area contributed by atoms with E-state index in [-0.39, 0.29) is 23.3 Å². The van der Waals surface area contributed by atoms with Gasteiger partial charge in [-0.25, -0.2) is 0 Å². The van der Waals surface area contributed by atoms with Crippen molar-refractivity contribution in [1.82, 2.24) is 9.80 Å². The third kappa shape index (κ3) is 6.13. The molecule has 2 aliphatic rings. The number of carbonyl (C=O) groups excluding carboxylic acids is 2. The minimum absolute atomic E-state index is 0.000762. The van der Waals surface area contributed by atoms with Crippen molar-refractivity contribution in [3.8, 4) is 11.5 Å². The maximum atomic E-state index is 13.2. The maximum absolute atomic E-state index is 13.2. The normalized spacial score (nSPS) is 23.8. The highest BCUT2D eigenvalue weighted by Gasteiger charge is 2.49. The highest BCUT2D eigenvalue weighted by atomic mass is 16.5. The number of hydrogen-bond donors (Lipinski definition) is 0. The van der Waals surface area contributed by atoms with Gasteiger partial charge in [-0.05, 0) is 79.6 Å². The Morgan fingerprint density at radius 2 is 1.95 bits per heavy atom. The van der Waals surface area contributed by atoms with Gasteiger partial charge in [0.15, 0.2) is 0 Å². The number of likely N-dealkylation sites (tertiary alicyclic amines) is 1. The van der Waals surface area contributed by atoms with Crippen LogP contribution < -0.4 is 9.47 Å². The van der Waals surface area contributed by atoms with E-state index in [4.69, 9.17) is 9.47 Å². The first-order chi connectivity index (χ1) is 17.8. The van der Waals surface area contributed by atoms with E-state index in [0.717, 1.165) is 56.6 Å². The lowest BCUT2D eigenvalue weighted by molar-refractivity contribution is -0.132. The van der Waals surface area contributed by atoms with Crippen molar-refractivity contribution in [2.24, 2.45) is 5.92 Å². The van der Waals surface area contributed by atoms with Crippen molar-refractivity contribution >= 4 is 18.0 Å².